The lowest BCUT2D eigenvalue weighted by Gasteiger charge is -2.41. The van der Waals surface area contributed by atoms with Gasteiger partial charge in [0.2, 0.25) is 0 Å². The molecule has 86 valence electrons. The van der Waals surface area contributed by atoms with Gasteiger partial charge >= 0.3 is 0 Å². The standard InChI is InChI=1S/C12H21NOS/c14-11-7-9-1-2-10(13-9)12(11)8-3-5-15-6-4-8/h8-14H,1-7H2. The highest BCUT2D eigenvalue weighted by Gasteiger charge is 2.44. The molecule has 3 saturated heterocycles. The molecule has 0 saturated carbocycles. The maximum absolute atomic E-state index is 10.3. The van der Waals surface area contributed by atoms with E-state index in [1.54, 1.807) is 0 Å². The summed E-state index contributed by atoms with van der Waals surface area (Å²) in [5, 5.41) is 14.0. The van der Waals surface area contributed by atoms with E-state index in [4.69, 9.17) is 0 Å². The molecule has 2 nitrogen and oxygen atoms in total. The highest BCUT2D eigenvalue weighted by Crippen LogP contribution is 2.40. The van der Waals surface area contributed by atoms with Gasteiger partial charge in [-0.25, -0.2) is 0 Å². The first-order valence-corrected chi connectivity index (χ1v) is 7.52. The number of aliphatic hydroxyl groups excluding tert-OH is 1. The summed E-state index contributed by atoms with van der Waals surface area (Å²) in [6.45, 7) is 0. The Morgan fingerprint density at radius 2 is 1.87 bits per heavy atom. The number of hydrogen-bond acceptors (Lipinski definition) is 3. The van der Waals surface area contributed by atoms with Gasteiger partial charge in [-0.1, -0.05) is 0 Å². The zero-order chi connectivity index (χ0) is 10.3. The van der Waals surface area contributed by atoms with Crippen LogP contribution in [-0.4, -0.2) is 34.8 Å². The third-order valence-corrected chi connectivity index (χ3v) is 5.57. The fraction of sp³-hybridized carbons (Fsp3) is 1.00. The largest absolute Gasteiger partial charge is 0.393 e. The van der Waals surface area contributed by atoms with Crippen LogP contribution in [0.1, 0.15) is 32.1 Å². The summed E-state index contributed by atoms with van der Waals surface area (Å²) in [6.07, 6.45) is 6.24. The van der Waals surface area contributed by atoms with Crippen molar-refractivity contribution >= 4 is 11.8 Å². The zero-order valence-corrected chi connectivity index (χ0v) is 10.0. The average Bonchev–Trinajstić information content (AvgIpc) is 2.62. The van der Waals surface area contributed by atoms with Gasteiger partial charge in [0.25, 0.3) is 0 Å². The molecule has 2 bridgehead atoms. The zero-order valence-electron chi connectivity index (χ0n) is 9.19. The smallest absolute Gasteiger partial charge is 0.0600 e. The number of aliphatic hydroxyl groups is 1. The van der Waals surface area contributed by atoms with Crippen LogP contribution in [0, 0.1) is 11.8 Å². The van der Waals surface area contributed by atoms with E-state index in [0.717, 1.165) is 12.3 Å². The lowest BCUT2D eigenvalue weighted by Crippen LogP contribution is -2.51. The lowest BCUT2D eigenvalue weighted by molar-refractivity contribution is 0.0173. The van der Waals surface area contributed by atoms with Crippen molar-refractivity contribution in [1.29, 1.82) is 0 Å². The Bertz CT molecular complexity index is 230. The molecule has 0 amide bonds. The molecule has 3 aliphatic heterocycles. The maximum Gasteiger partial charge on any atom is 0.0600 e. The van der Waals surface area contributed by atoms with Crippen LogP contribution in [0.2, 0.25) is 0 Å². The van der Waals surface area contributed by atoms with Crippen LogP contribution in [-0.2, 0) is 0 Å². The molecule has 0 aromatic carbocycles. The maximum atomic E-state index is 10.3. The molecule has 3 rings (SSSR count). The van der Waals surface area contributed by atoms with Gasteiger partial charge in [-0.15, -0.1) is 0 Å². The van der Waals surface area contributed by atoms with Crippen LogP contribution in [0.25, 0.3) is 0 Å². The van der Waals surface area contributed by atoms with Gasteiger partial charge in [-0.2, -0.15) is 11.8 Å². The SMILES string of the molecule is OC1CC2CCC(N2)C1C1CCSCC1. The molecular weight excluding hydrogens is 206 g/mol. The first kappa shape index (κ1) is 10.4. The fourth-order valence-corrected chi connectivity index (χ4v) is 4.94. The molecule has 0 aromatic rings. The number of fused-ring (bicyclic) bond motifs is 2. The minimum absolute atomic E-state index is 0.0168. The minimum atomic E-state index is -0.0168. The fourth-order valence-electron chi connectivity index (χ4n) is 3.80. The van der Waals surface area contributed by atoms with E-state index in [1.165, 1.54) is 37.2 Å². The van der Waals surface area contributed by atoms with E-state index in [9.17, 15) is 5.11 Å². The van der Waals surface area contributed by atoms with Crippen LogP contribution in [0.3, 0.4) is 0 Å². The summed E-state index contributed by atoms with van der Waals surface area (Å²) in [6, 6.07) is 1.26. The highest BCUT2D eigenvalue weighted by molar-refractivity contribution is 7.99. The first-order chi connectivity index (χ1) is 7.34. The summed E-state index contributed by atoms with van der Waals surface area (Å²) < 4.78 is 0. The van der Waals surface area contributed by atoms with Gasteiger partial charge in [0.1, 0.15) is 0 Å². The number of rotatable bonds is 1. The van der Waals surface area contributed by atoms with Crippen LogP contribution in [0.4, 0.5) is 0 Å². The van der Waals surface area contributed by atoms with Gasteiger partial charge in [0.15, 0.2) is 0 Å². The topological polar surface area (TPSA) is 32.3 Å². The number of hydrogen-bond donors (Lipinski definition) is 2. The molecule has 3 heterocycles. The van der Waals surface area contributed by atoms with Crippen molar-refractivity contribution in [1.82, 2.24) is 5.32 Å². The van der Waals surface area contributed by atoms with Crippen molar-refractivity contribution in [3.8, 4) is 0 Å². The Morgan fingerprint density at radius 3 is 2.67 bits per heavy atom. The van der Waals surface area contributed by atoms with Crippen molar-refractivity contribution < 1.29 is 5.11 Å². The van der Waals surface area contributed by atoms with E-state index >= 15 is 0 Å². The average molecular weight is 227 g/mol. The van der Waals surface area contributed by atoms with Crippen molar-refractivity contribution in [2.45, 2.75) is 50.3 Å². The normalized spacial score (nSPS) is 47.0. The van der Waals surface area contributed by atoms with Crippen molar-refractivity contribution in [3.63, 3.8) is 0 Å². The molecule has 2 N–H and O–H groups in total. The second-order valence-electron chi connectivity index (χ2n) is 5.38. The Morgan fingerprint density at radius 1 is 1.07 bits per heavy atom. The Hall–Kier alpha value is 0.270. The van der Waals surface area contributed by atoms with E-state index < -0.39 is 0 Å². The molecule has 0 spiro atoms. The van der Waals surface area contributed by atoms with Gasteiger partial charge in [-0.05, 0) is 49.5 Å². The van der Waals surface area contributed by atoms with E-state index in [1.807, 2.05) is 0 Å². The molecule has 0 aromatic heterocycles. The predicted octanol–water partition coefficient (Wildman–Crippen LogP) is 1.63. The van der Waals surface area contributed by atoms with Crippen LogP contribution >= 0.6 is 11.8 Å². The van der Waals surface area contributed by atoms with Crippen LogP contribution in [0.15, 0.2) is 0 Å². The molecule has 15 heavy (non-hydrogen) atoms. The van der Waals surface area contributed by atoms with Gasteiger partial charge in [-0.3, -0.25) is 0 Å². The highest BCUT2D eigenvalue weighted by atomic mass is 32.2. The molecule has 4 atom stereocenters. The van der Waals surface area contributed by atoms with Crippen LogP contribution < -0.4 is 5.32 Å². The molecule has 3 heteroatoms. The summed E-state index contributed by atoms with van der Waals surface area (Å²) in [4.78, 5) is 0. The second-order valence-corrected chi connectivity index (χ2v) is 6.60. The molecule has 3 fully saturated rings. The van der Waals surface area contributed by atoms with E-state index in [-0.39, 0.29) is 6.10 Å². The van der Waals surface area contributed by atoms with Crippen molar-refractivity contribution in [2.75, 3.05) is 11.5 Å². The first-order valence-electron chi connectivity index (χ1n) is 6.36. The number of nitrogens with one attached hydrogen (secondary N) is 1. The van der Waals surface area contributed by atoms with Crippen molar-refractivity contribution in [3.05, 3.63) is 0 Å². The van der Waals surface area contributed by atoms with Gasteiger partial charge < -0.3 is 10.4 Å². The minimum Gasteiger partial charge on any atom is -0.393 e. The quantitative estimate of drug-likeness (QED) is 0.714. The van der Waals surface area contributed by atoms with Gasteiger partial charge in [0.05, 0.1) is 6.10 Å². The Balaban J connectivity index is 1.71. The summed E-state index contributed by atoms with van der Waals surface area (Å²) >= 11 is 2.08. The lowest BCUT2D eigenvalue weighted by atomic mass is 9.76. The molecule has 0 radical (unpaired) electrons. The summed E-state index contributed by atoms with van der Waals surface area (Å²) in [5.74, 6) is 3.97. The molecule has 4 unspecified atom stereocenters. The number of thioether (sulfide) groups is 1. The second kappa shape index (κ2) is 4.27. The Labute approximate surface area is 96.2 Å². The number of piperidine rings is 1. The van der Waals surface area contributed by atoms with E-state index in [0.29, 0.717) is 18.0 Å². The van der Waals surface area contributed by atoms with E-state index in [2.05, 4.69) is 17.1 Å². The van der Waals surface area contributed by atoms with Gasteiger partial charge in [0, 0.05) is 18.0 Å². The summed E-state index contributed by atoms with van der Waals surface area (Å²) in [7, 11) is 0. The monoisotopic (exact) mass is 227 g/mol. The third kappa shape index (κ3) is 1.94. The van der Waals surface area contributed by atoms with Crippen molar-refractivity contribution in [2.24, 2.45) is 11.8 Å². The summed E-state index contributed by atoms with van der Waals surface area (Å²) in [5.41, 5.74) is 0. The molecule has 3 aliphatic rings. The predicted molar refractivity (Wildman–Crippen MR) is 64.1 cm³/mol. The Kier molecular flexibility index (Phi) is 2.97. The third-order valence-electron chi connectivity index (χ3n) is 4.52. The van der Waals surface area contributed by atoms with Crippen LogP contribution in [0.5, 0.6) is 0 Å². The molecule has 0 aliphatic carbocycles. The molecular formula is C12H21NOS.